The van der Waals surface area contributed by atoms with Crippen LogP contribution in [0.1, 0.15) is 25.2 Å². The lowest BCUT2D eigenvalue weighted by Crippen LogP contribution is -2.28. The molecule has 0 spiro atoms. The summed E-state index contributed by atoms with van der Waals surface area (Å²) in [7, 11) is 0. The van der Waals surface area contributed by atoms with Crippen LogP contribution >= 0.6 is 11.6 Å². The van der Waals surface area contributed by atoms with Crippen LogP contribution in [0, 0.1) is 12.3 Å². The lowest BCUT2D eigenvalue weighted by Gasteiger charge is -2.24. The van der Waals surface area contributed by atoms with Gasteiger partial charge in [-0.3, -0.25) is 4.68 Å². The molecule has 0 radical (unpaired) electrons. The molecule has 90 valence electrons. The number of halogens is 1. The highest BCUT2D eigenvalue weighted by Gasteiger charge is 2.24. The quantitative estimate of drug-likeness (QED) is 0.806. The van der Waals surface area contributed by atoms with Gasteiger partial charge >= 0.3 is 0 Å². The Hall–Kier alpha value is -0.800. The average Bonchev–Trinajstić information content (AvgIpc) is 2.56. The molecule has 0 saturated heterocycles. The third kappa shape index (κ3) is 2.47. The monoisotopic (exact) mass is 241 g/mol. The first-order chi connectivity index (χ1) is 7.47. The Balaban J connectivity index is 3.08. The molecule has 1 unspecified atom stereocenters. The summed E-state index contributed by atoms with van der Waals surface area (Å²) in [6.45, 7) is 11.3. The minimum absolute atomic E-state index is 0.122. The smallest absolute Gasteiger partial charge is 0.0847 e. The van der Waals surface area contributed by atoms with Crippen LogP contribution in [0.3, 0.4) is 0 Å². The van der Waals surface area contributed by atoms with Crippen LogP contribution < -0.4 is 5.73 Å². The minimum Gasteiger partial charge on any atom is -0.330 e. The molecule has 0 aliphatic heterocycles. The molecule has 0 aliphatic rings. The molecule has 0 amide bonds. The summed E-state index contributed by atoms with van der Waals surface area (Å²) in [4.78, 5) is 0. The molecule has 0 fully saturated rings. The molecule has 1 heterocycles. The number of hydrogen-bond acceptors (Lipinski definition) is 2. The Morgan fingerprint density at radius 3 is 2.69 bits per heavy atom. The van der Waals surface area contributed by atoms with E-state index in [1.807, 2.05) is 17.7 Å². The van der Waals surface area contributed by atoms with Gasteiger partial charge < -0.3 is 5.73 Å². The maximum absolute atomic E-state index is 6.25. The van der Waals surface area contributed by atoms with Crippen molar-refractivity contribution in [3.8, 4) is 0 Å². The Morgan fingerprint density at radius 2 is 2.25 bits per heavy atom. The Labute approximate surface area is 102 Å². The van der Waals surface area contributed by atoms with Gasteiger partial charge in [0.25, 0.3) is 0 Å². The Morgan fingerprint density at radius 1 is 1.62 bits per heavy atom. The Kier molecular flexibility index (Phi) is 4.16. The molecule has 3 nitrogen and oxygen atoms in total. The van der Waals surface area contributed by atoms with E-state index in [0.717, 1.165) is 29.4 Å². The van der Waals surface area contributed by atoms with Gasteiger partial charge in [-0.15, -0.1) is 6.58 Å². The van der Waals surface area contributed by atoms with Crippen molar-refractivity contribution >= 4 is 11.6 Å². The molecule has 0 bridgehead atoms. The normalized spacial score (nSPS) is 14.8. The zero-order valence-electron chi connectivity index (χ0n) is 10.3. The molecule has 16 heavy (non-hydrogen) atoms. The number of nitrogens with zero attached hydrogens (tertiary/aromatic N) is 2. The van der Waals surface area contributed by atoms with E-state index < -0.39 is 0 Å². The second-order valence-electron chi connectivity index (χ2n) is 4.40. The van der Waals surface area contributed by atoms with E-state index in [2.05, 4.69) is 25.5 Å². The first kappa shape index (κ1) is 13.3. The van der Waals surface area contributed by atoms with E-state index in [1.54, 1.807) is 0 Å². The summed E-state index contributed by atoms with van der Waals surface area (Å²) in [5, 5.41) is 5.14. The molecule has 0 aromatic carbocycles. The van der Waals surface area contributed by atoms with Gasteiger partial charge in [-0.05, 0) is 13.8 Å². The van der Waals surface area contributed by atoms with E-state index >= 15 is 0 Å². The van der Waals surface area contributed by atoms with Gasteiger partial charge in [-0.25, -0.2) is 0 Å². The van der Waals surface area contributed by atoms with Crippen LogP contribution in [0.15, 0.2) is 12.7 Å². The van der Waals surface area contributed by atoms with Crippen LogP contribution in [-0.2, 0) is 13.0 Å². The van der Waals surface area contributed by atoms with Crippen molar-refractivity contribution in [3.63, 3.8) is 0 Å². The van der Waals surface area contributed by atoms with Crippen molar-refractivity contribution < 1.29 is 0 Å². The molecule has 4 heteroatoms. The molecule has 1 aromatic rings. The molecule has 1 aromatic heterocycles. The fraction of sp³-hybridized carbons (Fsp3) is 0.583. The zero-order chi connectivity index (χ0) is 12.3. The molecule has 1 atom stereocenters. The summed E-state index contributed by atoms with van der Waals surface area (Å²) >= 11 is 6.25. The van der Waals surface area contributed by atoms with E-state index in [4.69, 9.17) is 17.3 Å². The summed E-state index contributed by atoms with van der Waals surface area (Å²) in [5.74, 6) is 0. The van der Waals surface area contributed by atoms with Crippen molar-refractivity contribution in [1.82, 2.24) is 9.78 Å². The SMILES string of the molecule is C=CC(C)(CN)Cc1c(Cl)c(C)nn1CC. The number of nitrogens with two attached hydrogens (primary N) is 1. The molecule has 0 aliphatic carbocycles. The van der Waals surface area contributed by atoms with Crippen molar-refractivity contribution in [3.05, 3.63) is 29.1 Å². The van der Waals surface area contributed by atoms with Gasteiger partial charge in [0, 0.05) is 24.9 Å². The van der Waals surface area contributed by atoms with E-state index in [-0.39, 0.29) is 5.41 Å². The minimum atomic E-state index is -0.122. The highest BCUT2D eigenvalue weighted by atomic mass is 35.5. The largest absolute Gasteiger partial charge is 0.330 e. The summed E-state index contributed by atoms with van der Waals surface area (Å²) in [6.07, 6.45) is 2.67. The standard InChI is InChI=1S/C12H20ClN3/c1-5-12(4,8-14)7-10-11(13)9(3)15-16(10)6-2/h5H,1,6-8,14H2,2-4H3. The Bertz CT molecular complexity index is 384. The fourth-order valence-corrected chi connectivity index (χ4v) is 1.85. The van der Waals surface area contributed by atoms with Gasteiger partial charge in [0.05, 0.1) is 16.4 Å². The molecular weight excluding hydrogens is 222 g/mol. The summed E-state index contributed by atoms with van der Waals surface area (Å²) < 4.78 is 1.94. The van der Waals surface area contributed by atoms with Crippen molar-refractivity contribution in [2.24, 2.45) is 11.1 Å². The van der Waals surface area contributed by atoms with Gasteiger partial charge in [0.1, 0.15) is 0 Å². The average molecular weight is 242 g/mol. The predicted molar refractivity (Wildman–Crippen MR) is 68.7 cm³/mol. The second-order valence-corrected chi connectivity index (χ2v) is 4.78. The van der Waals surface area contributed by atoms with Gasteiger partial charge in [-0.1, -0.05) is 24.6 Å². The number of hydrogen-bond donors (Lipinski definition) is 1. The highest BCUT2D eigenvalue weighted by Crippen LogP contribution is 2.28. The first-order valence-electron chi connectivity index (χ1n) is 5.53. The van der Waals surface area contributed by atoms with E-state index in [1.165, 1.54) is 0 Å². The summed E-state index contributed by atoms with van der Waals surface area (Å²) in [6, 6.07) is 0. The predicted octanol–water partition coefficient (Wildman–Crippen LogP) is 2.56. The number of aromatic nitrogens is 2. The van der Waals surface area contributed by atoms with Crippen molar-refractivity contribution in [2.45, 2.75) is 33.7 Å². The van der Waals surface area contributed by atoms with E-state index in [0.29, 0.717) is 6.54 Å². The van der Waals surface area contributed by atoms with Crippen LogP contribution in [0.25, 0.3) is 0 Å². The number of rotatable bonds is 5. The molecule has 1 rings (SSSR count). The maximum Gasteiger partial charge on any atom is 0.0847 e. The van der Waals surface area contributed by atoms with Gasteiger partial charge in [0.2, 0.25) is 0 Å². The van der Waals surface area contributed by atoms with Crippen molar-refractivity contribution in [1.29, 1.82) is 0 Å². The van der Waals surface area contributed by atoms with Crippen molar-refractivity contribution in [2.75, 3.05) is 6.54 Å². The molecule has 2 N–H and O–H groups in total. The van der Waals surface area contributed by atoms with Crippen LogP contribution in [-0.4, -0.2) is 16.3 Å². The third-order valence-corrected chi connectivity index (χ3v) is 3.47. The third-order valence-electron chi connectivity index (χ3n) is 2.98. The molecule has 0 saturated carbocycles. The van der Waals surface area contributed by atoms with E-state index in [9.17, 15) is 0 Å². The first-order valence-corrected chi connectivity index (χ1v) is 5.90. The maximum atomic E-state index is 6.25. The fourth-order valence-electron chi connectivity index (χ4n) is 1.65. The zero-order valence-corrected chi connectivity index (χ0v) is 11.0. The second kappa shape index (κ2) is 5.02. The molecular formula is C12H20ClN3. The van der Waals surface area contributed by atoms with Gasteiger partial charge in [0.15, 0.2) is 0 Å². The lowest BCUT2D eigenvalue weighted by atomic mass is 9.85. The summed E-state index contributed by atoms with van der Waals surface area (Å²) in [5.41, 5.74) is 7.58. The van der Waals surface area contributed by atoms with Crippen LogP contribution in [0.4, 0.5) is 0 Å². The van der Waals surface area contributed by atoms with Crippen LogP contribution in [0.5, 0.6) is 0 Å². The highest BCUT2D eigenvalue weighted by molar-refractivity contribution is 6.31. The lowest BCUT2D eigenvalue weighted by molar-refractivity contribution is 0.419. The topological polar surface area (TPSA) is 43.8 Å². The van der Waals surface area contributed by atoms with Gasteiger partial charge in [-0.2, -0.15) is 5.10 Å². The number of aryl methyl sites for hydroxylation is 2. The van der Waals surface area contributed by atoms with Crippen LogP contribution in [0.2, 0.25) is 5.02 Å².